The third-order valence-corrected chi connectivity index (χ3v) is 0.860. The smallest absolute Gasteiger partial charge is 0.248 e. The van der Waals surface area contributed by atoms with E-state index in [-0.39, 0.29) is 0 Å². The van der Waals surface area contributed by atoms with E-state index in [9.17, 15) is 0 Å². The molecule has 0 rings (SSSR count). The van der Waals surface area contributed by atoms with Crippen LogP contribution in [-0.2, 0) is 0 Å². The van der Waals surface area contributed by atoms with Crippen molar-refractivity contribution in [3.8, 4) is 0 Å². The fraction of sp³-hybridized carbons (Fsp3) is 0.800. The molecule has 0 aromatic carbocycles. The van der Waals surface area contributed by atoms with Crippen LogP contribution in [0.25, 0.3) is 0 Å². The van der Waals surface area contributed by atoms with Gasteiger partial charge in [0.1, 0.15) is 6.10 Å². The van der Waals surface area contributed by atoms with Crippen LogP contribution >= 0.6 is 0 Å². The number of rotatable bonds is 3. The molecule has 49 valence electrons. The van der Waals surface area contributed by atoms with Gasteiger partial charge in [-0.25, -0.2) is 0 Å². The maximum absolute atomic E-state index is 8.59. The van der Waals surface area contributed by atoms with Gasteiger partial charge in [-0.15, -0.1) is 0 Å². The zero-order chi connectivity index (χ0) is 6.57. The molecule has 0 saturated carbocycles. The Hall–Kier alpha value is -0.120. The first-order valence-corrected chi connectivity index (χ1v) is 2.61. The molecule has 3 nitrogen and oxygen atoms in total. The van der Waals surface area contributed by atoms with Crippen LogP contribution in [0.15, 0.2) is 0 Å². The fourth-order valence-electron chi connectivity index (χ4n) is 0.403. The largest absolute Gasteiger partial charge is 0.387 e. The summed E-state index contributed by atoms with van der Waals surface area (Å²) in [6, 6.07) is 0. The summed E-state index contributed by atoms with van der Waals surface area (Å²) in [4.78, 5) is 0. The van der Waals surface area contributed by atoms with E-state index >= 15 is 0 Å². The van der Waals surface area contributed by atoms with Crippen molar-refractivity contribution in [1.82, 2.24) is 0 Å². The van der Waals surface area contributed by atoms with Crippen molar-refractivity contribution >= 4 is 0 Å². The molecule has 1 radical (unpaired) electrons. The molecule has 0 aliphatic carbocycles. The average Bonchev–Trinajstić information content (AvgIpc) is 1.67. The molecule has 0 aliphatic heterocycles. The van der Waals surface area contributed by atoms with Crippen molar-refractivity contribution in [3.05, 3.63) is 6.29 Å². The minimum Gasteiger partial charge on any atom is -0.387 e. The summed E-state index contributed by atoms with van der Waals surface area (Å²) in [7, 11) is 0. The molecule has 0 spiro atoms. The number of hydrogen-bond acceptors (Lipinski definition) is 3. The first-order valence-electron chi connectivity index (χ1n) is 2.61. The van der Waals surface area contributed by atoms with Crippen LogP contribution in [0.1, 0.15) is 19.8 Å². The van der Waals surface area contributed by atoms with E-state index in [0.29, 0.717) is 6.42 Å². The van der Waals surface area contributed by atoms with Gasteiger partial charge in [0.05, 0.1) is 0 Å². The van der Waals surface area contributed by atoms with Gasteiger partial charge in [0, 0.05) is 0 Å². The van der Waals surface area contributed by atoms with Crippen LogP contribution < -0.4 is 0 Å². The third kappa shape index (κ3) is 2.96. The second-order valence-electron chi connectivity index (χ2n) is 1.66. The highest BCUT2D eigenvalue weighted by atomic mass is 16.5. The van der Waals surface area contributed by atoms with Gasteiger partial charge in [-0.1, -0.05) is 13.3 Å². The molecule has 0 heterocycles. The number of aliphatic hydroxyl groups is 3. The molecular weight excluding hydrogens is 108 g/mol. The summed E-state index contributed by atoms with van der Waals surface area (Å²) in [6.45, 7) is 1.85. The molecule has 0 aromatic rings. The van der Waals surface area contributed by atoms with Crippen molar-refractivity contribution in [2.24, 2.45) is 0 Å². The van der Waals surface area contributed by atoms with Crippen molar-refractivity contribution in [1.29, 1.82) is 0 Å². The van der Waals surface area contributed by atoms with Gasteiger partial charge >= 0.3 is 0 Å². The normalized spacial score (nSPS) is 14.6. The molecule has 3 heteroatoms. The van der Waals surface area contributed by atoms with Crippen LogP contribution in [-0.4, -0.2) is 21.4 Å². The quantitative estimate of drug-likeness (QED) is 0.503. The maximum atomic E-state index is 8.59. The summed E-state index contributed by atoms with van der Waals surface area (Å²) in [5.74, 6) is 0. The highest BCUT2D eigenvalue weighted by Gasteiger charge is 2.11. The molecule has 0 amide bonds. The van der Waals surface area contributed by atoms with E-state index < -0.39 is 12.4 Å². The Morgan fingerprint density at radius 3 is 2.12 bits per heavy atom. The minimum atomic E-state index is -1.06. The second-order valence-corrected chi connectivity index (χ2v) is 1.66. The number of aliphatic hydroxyl groups excluding tert-OH is 2. The number of hydrogen-bond donors (Lipinski definition) is 3. The molecule has 0 bridgehead atoms. The summed E-state index contributed by atoms with van der Waals surface area (Å²) in [5, 5.41) is 24.9. The van der Waals surface area contributed by atoms with E-state index in [1.54, 1.807) is 0 Å². The van der Waals surface area contributed by atoms with Crippen LogP contribution in [0, 0.1) is 6.29 Å². The van der Waals surface area contributed by atoms with E-state index in [0.717, 1.165) is 6.42 Å². The summed E-state index contributed by atoms with van der Waals surface area (Å²) < 4.78 is 0. The summed E-state index contributed by atoms with van der Waals surface area (Å²) in [5.41, 5.74) is 0. The molecule has 0 saturated heterocycles. The van der Waals surface area contributed by atoms with Crippen LogP contribution in [0.2, 0.25) is 0 Å². The van der Waals surface area contributed by atoms with Crippen LogP contribution in [0.3, 0.4) is 0 Å². The molecule has 3 N–H and O–H groups in total. The zero-order valence-corrected chi connectivity index (χ0v) is 4.83. The standard InChI is InChI=1S/C5H11O3/c1-2-3-4(6)5(7)8/h4,6-8H,2-3H2,1H3/t4-/m1/s1. The molecule has 8 heavy (non-hydrogen) atoms. The van der Waals surface area contributed by atoms with Gasteiger partial charge in [-0.2, -0.15) is 0 Å². The van der Waals surface area contributed by atoms with Gasteiger partial charge in [-0.05, 0) is 6.42 Å². The Labute approximate surface area is 48.6 Å². The van der Waals surface area contributed by atoms with Gasteiger partial charge in [0.25, 0.3) is 0 Å². The average molecular weight is 119 g/mol. The predicted octanol–water partition coefficient (Wildman–Crippen LogP) is 0.382. The Morgan fingerprint density at radius 1 is 1.50 bits per heavy atom. The maximum Gasteiger partial charge on any atom is 0.248 e. The molecular formula is C5H11O3. The highest BCUT2D eigenvalue weighted by molar-refractivity contribution is 4.69. The Morgan fingerprint density at radius 2 is 2.00 bits per heavy atom. The monoisotopic (exact) mass is 119 g/mol. The van der Waals surface area contributed by atoms with E-state index in [1.807, 2.05) is 6.92 Å². The lowest BCUT2D eigenvalue weighted by Crippen LogP contribution is -2.16. The SMILES string of the molecule is CCC[C@@H](O)[C](O)O. The summed E-state index contributed by atoms with van der Waals surface area (Å²) >= 11 is 0. The van der Waals surface area contributed by atoms with Crippen molar-refractivity contribution in [3.63, 3.8) is 0 Å². The van der Waals surface area contributed by atoms with Crippen molar-refractivity contribution in [2.75, 3.05) is 0 Å². The van der Waals surface area contributed by atoms with Crippen molar-refractivity contribution < 1.29 is 15.3 Å². The molecule has 0 fully saturated rings. The summed E-state index contributed by atoms with van der Waals surface area (Å²) in [6.07, 6.45) is -0.791. The molecule has 0 unspecified atom stereocenters. The first kappa shape index (κ1) is 7.88. The topological polar surface area (TPSA) is 60.7 Å². The Kier molecular flexibility index (Phi) is 3.77. The zero-order valence-electron chi connectivity index (χ0n) is 4.83. The fourth-order valence-corrected chi connectivity index (χ4v) is 0.403. The van der Waals surface area contributed by atoms with Gasteiger partial charge in [0.15, 0.2) is 0 Å². The predicted molar refractivity (Wildman–Crippen MR) is 28.0 cm³/mol. The Bertz CT molecular complexity index is 53.6. The van der Waals surface area contributed by atoms with Crippen molar-refractivity contribution in [2.45, 2.75) is 25.9 Å². The lowest BCUT2D eigenvalue weighted by atomic mass is 10.2. The van der Waals surface area contributed by atoms with E-state index in [1.165, 1.54) is 0 Å². The minimum absolute atomic E-state index is 0.405. The Balaban J connectivity index is 3.17. The highest BCUT2D eigenvalue weighted by Crippen LogP contribution is 2.03. The van der Waals surface area contributed by atoms with Gasteiger partial charge in [0.2, 0.25) is 6.29 Å². The van der Waals surface area contributed by atoms with E-state index in [2.05, 4.69) is 0 Å². The van der Waals surface area contributed by atoms with Crippen LogP contribution in [0.4, 0.5) is 0 Å². The molecule has 1 atom stereocenters. The van der Waals surface area contributed by atoms with E-state index in [4.69, 9.17) is 15.3 Å². The molecule has 0 aliphatic rings. The first-order chi connectivity index (χ1) is 3.68. The third-order valence-electron chi connectivity index (χ3n) is 0.860. The van der Waals surface area contributed by atoms with Crippen LogP contribution in [0.5, 0.6) is 0 Å². The van der Waals surface area contributed by atoms with Gasteiger partial charge < -0.3 is 15.3 Å². The lowest BCUT2D eigenvalue weighted by molar-refractivity contribution is -0.0249. The lowest BCUT2D eigenvalue weighted by Gasteiger charge is -2.07. The molecule has 0 aromatic heterocycles. The van der Waals surface area contributed by atoms with Gasteiger partial charge in [-0.3, -0.25) is 0 Å². The second kappa shape index (κ2) is 3.83.